The van der Waals surface area contributed by atoms with E-state index in [9.17, 15) is 31.4 Å². The molecule has 0 amide bonds. The lowest BCUT2D eigenvalue weighted by Gasteiger charge is -2.17. The molecule has 1 aliphatic rings. The van der Waals surface area contributed by atoms with Crippen LogP contribution in [0.1, 0.15) is 40.5 Å². The minimum Gasteiger partial charge on any atom is -0.492 e. The fourth-order valence-electron chi connectivity index (χ4n) is 3.51. The number of thioether (sulfide) groups is 1. The highest BCUT2D eigenvalue weighted by atomic mass is 32.2. The van der Waals surface area contributed by atoms with Crippen LogP contribution in [0.4, 0.5) is 26.3 Å². The Bertz CT molecular complexity index is 1410. The fraction of sp³-hybridized carbons (Fsp3) is 0.261. The summed E-state index contributed by atoms with van der Waals surface area (Å²) < 4.78 is 81.3. The molecule has 184 valence electrons. The van der Waals surface area contributed by atoms with Crippen LogP contribution in [0.2, 0.25) is 0 Å². The monoisotopic (exact) mass is 529 g/mol. The highest BCUT2D eigenvalue weighted by Gasteiger charge is 2.38. The maximum atomic E-state index is 13.8. The molecular formula is C23H17F6N3OS2. The number of thiazole rings is 1. The second-order valence-corrected chi connectivity index (χ2v) is 9.96. The van der Waals surface area contributed by atoms with Gasteiger partial charge >= 0.3 is 12.4 Å². The third-order valence-corrected chi connectivity index (χ3v) is 7.59. The van der Waals surface area contributed by atoms with Crippen molar-refractivity contribution in [2.45, 2.75) is 36.5 Å². The van der Waals surface area contributed by atoms with Crippen molar-refractivity contribution < 1.29 is 31.4 Å². The Morgan fingerprint density at radius 1 is 1.03 bits per heavy atom. The topological polar surface area (TPSA) is 57.8 Å². The summed E-state index contributed by atoms with van der Waals surface area (Å²) >= 11 is 2.52. The first kappa shape index (κ1) is 25.2. The lowest BCUT2D eigenvalue weighted by Crippen LogP contribution is -2.18. The number of fused-ring (bicyclic) bond motifs is 1. The van der Waals surface area contributed by atoms with Gasteiger partial charge in [-0.1, -0.05) is 30.8 Å². The fourth-order valence-corrected chi connectivity index (χ4v) is 5.53. The highest BCUT2D eigenvalue weighted by Crippen LogP contribution is 2.41. The van der Waals surface area contributed by atoms with Crippen molar-refractivity contribution in [2.24, 2.45) is 10.2 Å². The maximum Gasteiger partial charge on any atom is 0.416 e. The van der Waals surface area contributed by atoms with Gasteiger partial charge in [0.05, 0.1) is 27.6 Å². The van der Waals surface area contributed by atoms with Gasteiger partial charge in [-0.2, -0.15) is 41.5 Å². The van der Waals surface area contributed by atoms with Crippen molar-refractivity contribution in [2.75, 3.05) is 5.75 Å². The van der Waals surface area contributed by atoms with E-state index < -0.39 is 23.5 Å². The number of benzene rings is 2. The molecule has 0 bridgehead atoms. The van der Waals surface area contributed by atoms with Crippen LogP contribution < -0.4 is 10.6 Å². The summed E-state index contributed by atoms with van der Waals surface area (Å²) in [5.41, 5.74) is -2.18. The predicted molar refractivity (Wildman–Crippen MR) is 122 cm³/mol. The van der Waals surface area contributed by atoms with Gasteiger partial charge in [-0.15, -0.1) is 11.3 Å². The number of alkyl halides is 6. The Morgan fingerprint density at radius 3 is 2.49 bits per heavy atom. The minimum absolute atomic E-state index is 0.121. The molecule has 0 saturated carbocycles. The number of hydrogen-bond acceptors (Lipinski definition) is 6. The molecule has 0 spiro atoms. The molecule has 4 nitrogen and oxygen atoms in total. The zero-order valence-corrected chi connectivity index (χ0v) is 19.7. The lowest BCUT2D eigenvalue weighted by molar-refractivity contribution is -0.143. The SMILES string of the molecule is CCCSc1nc(O)c(C(Cc2ccc(C(F)(F)F)cc2C(F)(F)F)=c2ccc3c(c2)C=NN=3)s1. The van der Waals surface area contributed by atoms with E-state index in [0.717, 1.165) is 29.6 Å². The van der Waals surface area contributed by atoms with E-state index in [1.807, 2.05) is 6.92 Å². The summed E-state index contributed by atoms with van der Waals surface area (Å²) in [5, 5.41) is 19.4. The molecule has 0 saturated heterocycles. The van der Waals surface area contributed by atoms with E-state index in [4.69, 9.17) is 0 Å². The second kappa shape index (κ2) is 9.65. The third kappa shape index (κ3) is 5.53. The van der Waals surface area contributed by atoms with E-state index >= 15 is 0 Å². The zero-order chi connectivity index (χ0) is 25.4. The average molecular weight is 530 g/mol. The van der Waals surface area contributed by atoms with Crippen molar-refractivity contribution in [3.63, 3.8) is 0 Å². The van der Waals surface area contributed by atoms with Crippen molar-refractivity contribution in [1.82, 2.24) is 4.98 Å². The van der Waals surface area contributed by atoms with Crippen molar-refractivity contribution in [1.29, 1.82) is 0 Å². The van der Waals surface area contributed by atoms with Crippen LogP contribution in [0.3, 0.4) is 0 Å². The molecule has 3 aromatic rings. The van der Waals surface area contributed by atoms with Crippen LogP contribution in [0.15, 0.2) is 50.9 Å². The van der Waals surface area contributed by atoms with Gasteiger partial charge in [0, 0.05) is 17.7 Å². The van der Waals surface area contributed by atoms with E-state index in [2.05, 4.69) is 15.2 Å². The molecule has 1 N–H and O–H groups in total. The molecule has 0 radical (unpaired) electrons. The van der Waals surface area contributed by atoms with Gasteiger partial charge < -0.3 is 5.11 Å². The molecule has 1 aliphatic heterocycles. The third-order valence-electron chi connectivity index (χ3n) is 5.14. The number of halogens is 6. The Balaban J connectivity index is 1.91. The van der Waals surface area contributed by atoms with Crippen LogP contribution >= 0.6 is 23.1 Å². The van der Waals surface area contributed by atoms with Gasteiger partial charge in [-0.3, -0.25) is 0 Å². The largest absolute Gasteiger partial charge is 0.492 e. The van der Waals surface area contributed by atoms with Gasteiger partial charge in [0.1, 0.15) is 0 Å². The number of nitrogens with zero attached hydrogens (tertiary/aromatic N) is 3. The molecule has 0 unspecified atom stereocenters. The van der Waals surface area contributed by atoms with Gasteiger partial charge in [-0.05, 0) is 47.0 Å². The molecular weight excluding hydrogens is 512 g/mol. The number of aromatic nitrogens is 1. The normalized spacial score (nSPS) is 14.1. The first-order valence-corrected chi connectivity index (χ1v) is 12.1. The number of rotatable bonds is 6. The molecule has 12 heteroatoms. The Kier molecular flexibility index (Phi) is 6.96. The van der Waals surface area contributed by atoms with Gasteiger partial charge in [0.2, 0.25) is 5.88 Å². The molecule has 35 heavy (non-hydrogen) atoms. The summed E-state index contributed by atoms with van der Waals surface area (Å²) in [6.45, 7) is 1.97. The zero-order valence-electron chi connectivity index (χ0n) is 18.0. The Labute approximate surface area is 203 Å². The van der Waals surface area contributed by atoms with E-state index in [0.29, 0.717) is 32.1 Å². The molecule has 0 aliphatic carbocycles. The lowest BCUT2D eigenvalue weighted by atomic mass is 9.94. The van der Waals surface area contributed by atoms with Crippen molar-refractivity contribution >= 4 is 34.9 Å². The Morgan fingerprint density at radius 2 is 1.80 bits per heavy atom. The molecule has 0 fully saturated rings. The Hall–Kier alpha value is -2.86. The second-order valence-electron chi connectivity index (χ2n) is 7.62. The van der Waals surface area contributed by atoms with E-state index in [1.165, 1.54) is 18.0 Å². The molecule has 0 atom stereocenters. The van der Waals surface area contributed by atoms with Crippen molar-refractivity contribution in [3.8, 4) is 5.88 Å². The van der Waals surface area contributed by atoms with Crippen LogP contribution in [-0.2, 0) is 18.8 Å². The number of aromatic hydroxyl groups is 1. The smallest absolute Gasteiger partial charge is 0.416 e. The quantitative estimate of drug-likeness (QED) is 0.325. The first-order chi connectivity index (χ1) is 16.5. The summed E-state index contributed by atoms with van der Waals surface area (Å²) in [5.74, 6) is 0.387. The molecule has 2 aromatic carbocycles. The van der Waals surface area contributed by atoms with E-state index in [1.54, 1.807) is 18.2 Å². The maximum absolute atomic E-state index is 13.8. The highest BCUT2D eigenvalue weighted by molar-refractivity contribution is 8.01. The van der Waals surface area contributed by atoms with Gasteiger partial charge in [0.15, 0.2) is 4.34 Å². The summed E-state index contributed by atoms with van der Waals surface area (Å²) in [4.78, 5) is 4.38. The van der Waals surface area contributed by atoms with Crippen LogP contribution in [0, 0.1) is 0 Å². The molecule has 2 heterocycles. The van der Waals surface area contributed by atoms with Crippen LogP contribution in [0.25, 0.3) is 5.57 Å². The summed E-state index contributed by atoms with van der Waals surface area (Å²) in [6, 6.07) is 6.52. The van der Waals surface area contributed by atoms with Crippen molar-refractivity contribution in [3.05, 3.63) is 74.1 Å². The minimum atomic E-state index is -5.01. The van der Waals surface area contributed by atoms with Gasteiger partial charge in [-0.25, -0.2) is 0 Å². The first-order valence-electron chi connectivity index (χ1n) is 10.3. The average Bonchev–Trinajstić information content (AvgIpc) is 3.40. The standard InChI is InChI=1S/C23H17F6N3OS2/c1-2-7-34-21-31-20(33)19(35-21)16(12-4-6-18-14(8-12)11-30-32-18)9-13-3-5-15(22(24,25)26)10-17(13)23(27,28)29/h3-6,8,10-11,33H,2,7,9H2,1H3. The number of hydrogen-bond donors (Lipinski definition) is 1. The summed E-state index contributed by atoms with van der Waals surface area (Å²) in [7, 11) is 0. The van der Waals surface area contributed by atoms with E-state index in [-0.39, 0.29) is 28.8 Å². The molecule has 4 rings (SSSR count). The summed E-state index contributed by atoms with van der Waals surface area (Å²) in [6.07, 6.45) is -7.97. The predicted octanol–water partition coefficient (Wildman–Crippen LogP) is 5.80. The van der Waals surface area contributed by atoms with Gasteiger partial charge in [0.25, 0.3) is 0 Å². The van der Waals surface area contributed by atoms with Crippen LogP contribution in [0.5, 0.6) is 5.88 Å². The molecule has 1 aromatic heterocycles. The van der Waals surface area contributed by atoms with Crippen LogP contribution in [-0.4, -0.2) is 22.1 Å².